The van der Waals surface area contributed by atoms with Crippen molar-refractivity contribution in [2.24, 2.45) is 0 Å². The number of rotatable bonds is 32. The average Bonchev–Trinajstić information content (AvgIpc) is 3.77. The van der Waals surface area contributed by atoms with Crippen LogP contribution in [0, 0.1) is 0 Å². The van der Waals surface area contributed by atoms with Crippen molar-refractivity contribution in [1.29, 1.82) is 0 Å². The van der Waals surface area contributed by atoms with Crippen molar-refractivity contribution in [3.05, 3.63) is 82.6 Å². The monoisotopic (exact) mass is 1100 g/mol. The van der Waals surface area contributed by atoms with Gasteiger partial charge in [0.1, 0.15) is 34.9 Å². The first-order valence-corrected chi connectivity index (χ1v) is 27.9. The Kier molecular flexibility index (Phi) is 25.7. The molecule has 2 amide bonds. The van der Waals surface area contributed by atoms with Crippen molar-refractivity contribution < 1.29 is 108 Å². The minimum atomic E-state index is -4.89. The summed E-state index contributed by atoms with van der Waals surface area (Å²) in [6.45, 7) is 14.2. The molecule has 1 N–H and O–H groups in total. The predicted molar refractivity (Wildman–Crippen MR) is 274 cm³/mol. The maximum Gasteiger partial charge on any atom is 1.00 e. The fourth-order valence-electron chi connectivity index (χ4n) is 8.80. The topological polar surface area (TPSA) is 250 Å². The molecule has 20 nitrogen and oxygen atoms in total. The van der Waals surface area contributed by atoms with E-state index in [1.165, 1.54) is 12.1 Å². The number of nitrogens with zero attached hydrogens (tertiary/aromatic N) is 3. The van der Waals surface area contributed by atoms with Gasteiger partial charge in [-0.1, -0.05) is 33.3 Å². The van der Waals surface area contributed by atoms with Crippen LogP contribution in [0.2, 0.25) is 0 Å². The number of fused-ring (bicyclic) bond motifs is 2. The van der Waals surface area contributed by atoms with Gasteiger partial charge in [-0.25, -0.2) is 17.8 Å². The second-order valence-corrected chi connectivity index (χ2v) is 22.1. The number of hydroxylamine groups is 2. The zero-order valence-electron chi connectivity index (χ0n) is 44.5. The number of unbranched alkanes of at least 4 members (excludes halogenated alkanes) is 2. The molecule has 1 aromatic rings. The molecular formula is C52H73N3NaO17S2+. The molecule has 4 aliphatic rings. The Bertz CT molecular complexity index is 2660. The fraction of sp³-hybridized carbons (Fsp3) is 0.577. The zero-order chi connectivity index (χ0) is 53.9. The molecule has 1 aliphatic carbocycles. The molecule has 0 saturated carbocycles. The Morgan fingerprint density at radius 1 is 0.813 bits per heavy atom. The SMILES string of the molecule is COCCOCCOCC[N+](CCOCCOCCOC)=c1ccc2c(C(C)(C)C)cc(/C=C/C=C3/N(CCCCCC(=O)ON4C(=O)CCC4=O)c4ccc(S(=O)(=O)[O-])cc4C3(C)CCCS(=O)(=O)O)oc-2c1.[Na+]. The molecule has 23 heteroatoms. The number of hydrogen-bond donors (Lipinski definition) is 1. The summed E-state index contributed by atoms with van der Waals surface area (Å²) in [5.74, 6) is -1.25. The van der Waals surface area contributed by atoms with E-state index in [0.29, 0.717) is 138 Å². The van der Waals surface area contributed by atoms with Gasteiger partial charge in [-0.2, -0.15) is 8.42 Å². The van der Waals surface area contributed by atoms with Crippen molar-refractivity contribution in [3.63, 3.8) is 0 Å². The van der Waals surface area contributed by atoms with E-state index >= 15 is 0 Å². The van der Waals surface area contributed by atoms with Crippen molar-refractivity contribution >= 4 is 49.8 Å². The quantitative estimate of drug-likeness (QED) is 0.0309. The third-order valence-electron chi connectivity index (χ3n) is 12.6. The first kappa shape index (κ1) is 63.7. The van der Waals surface area contributed by atoms with Crippen LogP contribution < -0.4 is 44.4 Å². The molecule has 75 heavy (non-hydrogen) atoms. The van der Waals surface area contributed by atoms with Crippen LogP contribution in [0.5, 0.6) is 0 Å². The van der Waals surface area contributed by atoms with Gasteiger partial charge in [-0.05, 0) is 91.6 Å². The van der Waals surface area contributed by atoms with Gasteiger partial charge >= 0.3 is 35.5 Å². The minimum Gasteiger partial charge on any atom is -0.744 e. The molecule has 5 rings (SSSR count). The number of imide groups is 1. The zero-order valence-corrected chi connectivity index (χ0v) is 48.1. The largest absolute Gasteiger partial charge is 1.00 e. The van der Waals surface area contributed by atoms with E-state index in [9.17, 15) is 40.3 Å². The number of methoxy groups -OCH3 is 2. The number of allylic oxidation sites excluding steroid dienone is 3. The van der Waals surface area contributed by atoms with Crippen LogP contribution in [0.4, 0.5) is 5.69 Å². The van der Waals surface area contributed by atoms with Gasteiger partial charge in [0.05, 0.1) is 69.6 Å². The predicted octanol–water partition coefficient (Wildman–Crippen LogP) is 2.23. The number of carbonyl (C=O) groups excluding carboxylic acids is 3. The number of anilines is 1. The maximum absolute atomic E-state index is 12.5. The summed E-state index contributed by atoms with van der Waals surface area (Å²) >= 11 is 0. The van der Waals surface area contributed by atoms with Gasteiger partial charge in [-0.15, -0.1) is 5.06 Å². The van der Waals surface area contributed by atoms with Gasteiger partial charge in [0, 0.05) is 68.5 Å². The molecule has 1 fully saturated rings. The second-order valence-electron chi connectivity index (χ2n) is 19.2. The molecule has 0 aromatic heterocycles. The summed E-state index contributed by atoms with van der Waals surface area (Å²) in [7, 11) is -6.01. The molecule has 1 atom stereocenters. The van der Waals surface area contributed by atoms with Crippen LogP contribution in [-0.4, -0.2) is 154 Å². The Morgan fingerprint density at radius 2 is 1.41 bits per heavy atom. The molecule has 1 saturated heterocycles. The summed E-state index contributed by atoms with van der Waals surface area (Å²) in [4.78, 5) is 43.0. The maximum atomic E-state index is 12.5. The Labute approximate surface area is 463 Å². The van der Waals surface area contributed by atoms with Gasteiger partial charge in [0.25, 0.3) is 21.9 Å². The number of ether oxygens (including phenoxy) is 6. The van der Waals surface area contributed by atoms with Crippen LogP contribution >= 0.6 is 0 Å². The van der Waals surface area contributed by atoms with Crippen LogP contribution in [0.15, 0.2) is 69.6 Å². The Hall–Kier alpha value is -3.88. The number of amides is 2. The first-order valence-electron chi connectivity index (χ1n) is 24.9. The van der Waals surface area contributed by atoms with E-state index < -0.39 is 54.1 Å². The third-order valence-corrected chi connectivity index (χ3v) is 14.3. The minimum absolute atomic E-state index is 0. The van der Waals surface area contributed by atoms with Crippen molar-refractivity contribution in [2.75, 3.05) is 111 Å². The van der Waals surface area contributed by atoms with Crippen molar-refractivity contribution in [2.45, 2.75) is 94.8 Å². The van der Waals surface area contributed by atoms with Crippen LogP contribution in [0.25, 0.3) is 17.4 Å². The number of benzene rings is 2. The Balaban J connectivity index is 0.0000122. The van der Waals surface area contributed by atoms with Gasteiger partial charge in [0.15, 0.2) is 13.1 Å². The van der Waals surface area contributed by atoms with Crippen LogP contribution in [0.1, 0.15) is 95.9 Å². The van der Waals surface area contributed by atoms with E-state index in [1.807, 2.05) is 42.2 Å². The van der Waals surface area contributed by atoms with E-state index in [0.717, 1.165) is 16.5 Å². The summed E-state index contributed by atoms with van der Waals surface area (Å²) in [6.07, 6.45) is 6.91. The van der Waals surface area contributed by atoms with Gasteiger partial charge < -0.3 is 47.1 Å². The molecular weight excluding hydrogens is 1030 g/mol. The summed E-state index contributed by atoms with van der Waals surface area (Å²) in [5, 5.41) is 1.40. The van der Waals surface area contributed by atoms with E-state index in [4.69, 9.17) is 37.7 Å². The van der Waals surface area contributed by atoms with Gasteiger partial charge in [-0.3, -0.25) is 14.1 Å². The molecule has 410 valence electrons. The van der Waals surface area contributed by atoms with Crippen molar-refractivity contribution in [1.82, 2.24) is 9.64 Å². The normalized spacial score (nSPS) is 16.7. The average molecular weight is 1100 g/mol. The summed E-state index contributed by atoms with van der Waals surface area (Å²) < 4.78 is 113. The molecule has 1 aromatic carbocycles. The molecule has 0 radical (unpaired) electrons. The molecule has 1 unspecified atom stereocenters. The molecule has 0 bridgehead atoms. The summed E-state index contributed by atoms with van der Waals surface area (Å²) in [6, 6.07) is 12.2. The standard InChI is InChI=1S/C52H73N3O17S2.Na/c1-51(2,3)43-37-40(71-46-36-39(15-17-42(43)46)53(23-25-67-31-33-69-29-27-65-5)24-26-68-32-34-70-30-28-66-6)12-10-13-47-52(4,21-11-35-73(59,60)61)44-38-41(74(62,63)64)16-18-45(44)54(47)22-9-7-8-14-50(58)72-55-48(56)19-20-49(55)57;/h10,12-13,15-18,36-38H,7-9,11,14,19-35H2,1-6H3,(H-,59,60,61,62,63,64);/q;+1. The second kappa shape index (κ2) is 30.3. The van der Waals surface area contributed by atoms with E-state index in [2.05, 4.69) is 31.4 Å². The van der Waals surface area contributed by atoms with Gasteiger partial charge in [0.2, 0.25) is 5.36 Å². The van der Waals surface area contributed by atoms with Crippen molar-refractivity contribution in [3.8, 4) is 11.3 Å². The smallest absolute Gasteiger partial charge is 0.744 e. The van der Waals surface area contributed by atoms with E-state index in [1.54, 1.807) is 26.4 Å². The van der Waals surface area contributed by atoms with Crippen LogP contribution in [0.3, 0.4) is 0 Å². The first-order chi connectivity index (χ1) is 35.2. The summed E-state index contributed by atoms with van der Waals surface area (Å²) in [5.41, 5.74) is 2.32. The molecule has 0 spiro atoms. The third kappa shape index (κ3) is 19.5. The Morgan fingerprint density at radius 3 is 1.99 bits per heavy atom. The number of carbonyl (C=O) groups is 3. The fourth-order valence-corrected chi connectivity index (χ4v) is 9.80. The molecule has 3 heterocycles. The van der Waals surface area contributed by atoms with E-state index in [-0.39, 0.29) is 67.1 Å². The number of hydrogen-bond acceptors (Lipinski definition) is 17. The van der Waals surface area contributed by atoms with Crippen LogP contribution in [-0.2, 0) is 78.7 Å². The molecule has 3 aliphatic heterocycles.